The van der Waals surface area contributed by atoms with Crippen molar-refractivity contribution in [2.45, 2.75) is 6.42 Å². The molecule has 2 rings (SSSR count). The Balaban J connectivity index is 2.42. The van der Waals surface area contributed by atoms with Crippen LogP contribution in [0.1, 0.15) is 12.0 Å². The van der Waals surface area contributed by atoms with E-state index in [1.54, 1.807) is 6.07 Å². The molecular formula is C15H12O4. The molecule has 2 aromatic carbocycles. The summed E-state index contributed by atoms with van der Waals surface area (Å²) in [5.74, 6) is -2.37. The molecule has 0 saturated heterocycles. The van der Waals surface area contributed by atoms with E-state index in [1.807, 2.05) is 36.4 Å². The second kappa shape index (κ2) is 5.35. The molecule has 4 heteroatoms. The van der Waals surface area contributed by atoms with Gasteiger partial charge in [0, 0.05) is 5.57 Å². The number of hydrogen-bond acceptors (Lipinski definition) is 2. The van der Waals surface area contributed by atoms with E-state index in [4.69, 9.17) is 10.2 Å². The van der Waals surface area contributed by atoms with Crippen LogP contribution in [0.15, 0.2) is 48.0 Å². The summed E-state index contributed by atoms with van der Waals surface area (Å²) < 4.78 is 0. The molecule has 0 fully saturated rings. The van der Waals surface area contributed by atoms with Crippen LogP contribution in [0.5, 0.6) is 0 Å². The zero-order chi connectivity index (χ0) is 13.8. The Morgan fingerprint density at radius 3 is 2.32 bits per heavy atom. The van der Waals surface area contributed by atoms with Crippen molar-refractivity contribution in [3.05, 3.63) is 53.6 Å². The number of benzene rings is 2. The molecule has 2 N–H and O–H groups in total. The van der Waals surface area contributed by atoms with Crippen LogP contribution in [-0.4, -0.2) is 22.2 Å². The van der Waals surface area contributed by atoms with E-state index in [2.05, 4.69) is 0 Å². The Kier molecular flexibility index (Phi) is 3.61. The highest BCUT2D eigenvalue weighted by Crippen LogP contribution is 2.18. The Morgan fingerprint density at radius 1 is 1.00 bits per heavy atom. The molecule has 2 aromatic rings. The van der Waals surface area contributed by atoms with Gasteiger partial charge in [-0.3, -0.25) is 4.79 Å². The molecule has 4 nitrogen and oxygen atoms in total. The van der Waals surface area contributed by atoms with Gasteiger partial charge in [-0.15, -0.1) is 0 Å². The van der Waals surface area contributed by atoms with Crippen molar-refractivity contribution in [1.82, 2.24) is 0 Å². The lowest BCUT2D eigenvalue weighted by Crippen LogP contribution is -2.06. The van der Waals surface area contributed by atoms with Gasteiger partial charge in [0.1, 0.15) is 0 Å². The monoisotopic (exact) mass is 256 g/mol. The number of rotatable bonds is 4. The summed E-state index contributed by atoms with van der Waals surface area (Å²) in [6, 6.07) is 13.2. The van der Waals surface area contributed by atoms with Crippen molar-refractivity contribution in [1.29, 1.82) is 0 Å². The molecule has 0 radical (unpaired) electrons. The van der Waals surface area contributed by atoms with Crippen LogP contribution in [-0.2, 0) is 9.59 Å². The van der Waals surface area contributed by atoms with Crippen molar-refractivity contribution in [2.75, 3.05) is 0 Å². The third-order valence-electron chi connectivity index (χ3n) is 2.73. The molecule has 0 amide bonds. The van der Waals surface area contributed by atoms with E-state index >= 15 is 0 Å². The summed E-state index contributed by atoms with van der Waals surface area (Å²) in [6.07, 6.45) is 0.894. The maximum absolute atomic E-state index is 11.0. The Bertz CT molecular complexity index is 671. The minimum absolute atomic E-state index is 0.136. The molecule has 0 aliphatic carbocycles. The second-order valence-electron chi connectivity index (χ2n) is 4.15. The number of carboxylic acids is 2. The molecule has 0 bridgehead atoms. The van der Waals surface area contributed by atoms with Gasteiger partial charge in [-0.25, -0.2) is 4.79 Å². The summed E-state index contributed by atoms with van der Waals surface area (Å²) in [6.45, 7) is 0. The zero-order valence-electron chi connectivity index (χ0n) is 10.0. The SMILES string of the molecule is O=C(O)C/C(=C/c1ccc2ccccc2c1)C(=O)O. The van der Waals surface area contributed by atoms with Gasteiger partial charge >= 0.3 is 11.9 Å². The van der Waals surface area contributed by atoms with Gasteiger partial charge in [0.25, 0.3) is 0 Å². The standard InChI is InChI=1S/C15H12O4/c16-14(17)9-13(15(18)19)8-10-5-6-11-3-1-2-4-12(11)7-10/h1-8H,9H2,(H,16,17)(H,18,19)/b13-8-. The Labute approximate surface area is 109 Å². The minimum atomic E-state index is -1.21. The highest BCUT2D eigenvalue weighted by Gasteiger charge is 2.11. The predicted molar refractivity (Wildman–Crippen MR) is 71.8 cm³/mol. The Morgan fingerprint density at radius 2 is 1.68 bits per heavy atom. The lowest BCUT2D eigenvalue weighted by molar-refractivity contribution is -0.139. The van der Waals surface area contributed by atoms with Gasteiger partial charge in [0.05, 0.1) is 6.42 Å². The van der Waals surface area contributed by atoms with Crippen molar-refractivity contribution in [3.8, 4) is 0 Å². The number of carboxylic acid groups (broad SMARTS) is 2. The summed E-state index contributed by atoms with van der Waals surface area (Å²) >= 11 is 0. The molecule has 0 atom stereocenters. The molecule has 0 aromatic heterocycles. The van der Waals surface area contributed by atoms with Crippen molar-refractivity contribution in [2.24, 2.45) is 0 Å². The van der Waals surface area contributed by atoms with Gasteiger partial charge in [-0.2, -0.15) is 0 Å². The molecule has 96 valence electrons. The van der Waals surface area contributed by atoms with Crippen LogP contribution < -0.4 is 0 Å². The van der Waals surface area contributed by atoms with E-state index < -0.39 is 18.4 Å². The van der Waals surface area contributed by atoms with Gasteiger partial charge in [-0.05, 0) is 28.5 Å². The first-order chi connectivity index (χ1) is 9.06. The minimum Gasteiger partial charge on any atom is -0.481 e. The third-order valence-corrected chi connectivity index (χ3v) is 2.73. The fraction of sp³-hybridized carbons (Fsp3) is 0.0667. The average Bonchev–Trinajstić information content (AvgIpc) is 2.37. The Hall–Kier alpha value is -2.62. The van der Waals surface area contributed by atoms with E-state index in [1.165, 1.54) is 6.08 Å². The predicted octanol–water partition coefficient (Wildman–Crippen LogP) is 2.78. The first kappa shape index (κ1) is 12.8. The highest BCUT2D eigenvalue weighted by molar-refractivity contribution is 5.97. The van der Waals surface area contributed by atoms with Gasteiger partial charge in [0.2, 0.25) is 0 Å². The van der Waals surface area contributed by atoms with Crippen LogP contribution >= 0.6 is 0 Å². The topological polar surface area (TPSA) is 74.6 Å². The summed E-state index contributed by atoms with van der Waals surface area (Å²) in [7, 11) is 0. The normalized spacial score (nSPS) is 11.5. The maximum Gasteiger partial charge on any atom is 0.332 e. The molecule has 19 heavy (non-hydrogen) atoms. The fourth-order valence-corrected chi connectivity index (χ4v) is 1.85. The number of carbonyl (C=O) groups is 2. The molecular weight excluding hydrogens is 244 g/mol. The molecule has 0 aliphatic heterocycles. The number of aliphatic carboxylic acids is 2. The van der Waals surface area contributed by atoms with Crippen molar-refractivity contribution < 1.29 is 19.8 Å². The van der Waals surface area contributed by atoms with E-state index in [9.17, 15) is 9.59 Å². The molecule has 0 heterocycles. The van der Waals surface area contributed by atoms with E-state index in [0.717, 1.165) is 10.8 Å². The first-order valence-electron chi connectivity index (χ1n) is 5.71. The molecule has 0 saturated carbocycles. The van der Waals surface area contributed by atoms with Gasteiger partial charge in [-0.1, -0.05) is 36.4 Å². The van der Waals surface area contributed by atoms with Crippen molar-refractivity contribution in [3.63, 3.8) is 0 Å². The van der Waals surface area contributed by atoms with Crippen molar-refractivity contribution >= 4 is 28.8 Å². The number of hydrogen-bond donors (Lipinski definition) is 2. The van der Waals surface area contributed by atoms with E-state index in [-0.39, 0.29) is 5.57 Å². The average molecular weight is 256 g/mol. The summed E-state index contributed by atoms with van der Waals surface area (Å²) in [5, 5.41) is 19.7. The highest BCUT2D eigenvalue weighted by atomic mass is 16.4. The molecule has 0 aliphatic rings. The summed E-state index contributed by atoms with van der Waals surface area (Å²) in [4.78, 5) is 21.6. The van der Waals surface area contributed by atoms with Gasteiger partial charge in [0.15, 0.2) is 0 Å². The smallest absolute Gasteiger partial charge is 0.332 e. The zero-order valence-corrected chi connectivity index (χ0v) is 10.0. The quantitative estimate of drug-likeness (QED) is 0.825. The number of fused-ring (bicyclic) bond motifs is 1. The van der Waals surface area contributed by atoms with E-state index in [0.29, 0.717) is 5.56 Å². The molecule has 0 unspecified atom stereocenters. The molecule has 0 spiro atoms. The van der Waals surface area contributed by atoms with Crippen LogP contribution in [0.3, 0.4) is 0 Å². The largest absolute Gasteiger partial charge is 0.481 e. The van der Waals surface area contributed by atoms with Crippen LogP contribution in [0.4, 0.5) is 0 Å². The van der Waals surface area contributed by atoms with Crippen LogP contribution in [0.2, 0.25) is 0 Å². The lowest BCUT2D eigenvalue weighted by Gasteiger charge is -2.02. The fourth-order valence-electron chi connectivity index (χ4n) is 1.85. The first-order valence-corrected chi connectivity index (χ1v) is 5.71. The lowest BCUT2D eigenvalue weighted by atomic mass is 10.0. The van der Waals surface area contributed by atoms with Gasteiger partial charge < -0.3 is 10.2 Å². The van der Waals surface area contributed by atoms with Crippen LogP contribution in [0.25, 0.3) is 16.8 Å². The van der Waals surface area contributed by atoms with Crippen LogP contribution in [0, 0.1) is 0 Å². The summed E-state index contributed by atoms with van der Waals surface area (Å²) in [5.41, 5.74) is 0.542. The second-order valence-corrected chi connectivity index (χ2v) is 4.15. The maximum atomic E-state index is 11.0. The third kappa shape index (κ3) is 3.19.